The highest BCUT2D eigenvalue weighted by Gasteiger charge is 2.33. The van der Waals surface area contributed by atoms with Crippen molar-refractivity contribution in [2.75, 3.05) is 0 Å². The van der Waals surface area contributed by atoms with Crippen LogP contribution < -0.4 is 0 Å². The van der Waals surface area contributed by atoms with Crippen molar-refractivity contribution < 1.29 is 0 Å². The summed E-state index contributed by atoms with van der Waals surface area (Å²) in [5.41, 5.74) is 3.85. The van der Waals surface area contributed by atoms with E-state index in [1.54, 1.807) is 0 Å². The van der Waals surface area contributed by atoms with Gasteiger partial charge in [0.15, 0.2) is 0 Å². The monoisotopic (exact) mass is 334 g/mol. The van der Waals surface area contributed by atoms with E-state index in [4.69, 9.17) is 16.6 Å². The number of aromatic nitrogens is 2. The molecule has 1 unspecified atom stereocenters. The van der Waals surface area contributed by atoms with Crippen LogP contribution in [-0.4, -0.2) is 9.97 Å². The summed E-state index contributed by atoms with van der Waals surface area (Å²) in [5, 5.41) is 0.552. The molecule has 2 aliphatic carbocycles. The third-order valence-corrected chi connectivity index (χ3v) is 5.27. The van der Waals surface area contributed by atoms with Gasteiger partial charge in [-0.15, -0.1) is 0 Å². The normalized spacial score (nSPS) is 20.8. The van der Waals surface area contributed by atoms with Crippen LogP contribution in [0.5, 0.6) is 0 Å². The zero-order valence-corrected chi connectivity index (χ0v) is 12.6. The van der Waals surface area contributed by atoms with Gasteiger partial charge in [0, 0.05) is 11.8 Å². The first-order valence-corrected chi connectivity index (χ1v) is 7.72. The molecule has 1 fully saturated rings. The number of halogens is 2. The number of hydrogen-bond donors (Lipinski definition) is 0. The molecular formula is C15H12BrClN2. The Labute approximate surface area is 125 Å². The lowest BCUT2D eigenvalue weighted by molar-refractivity contribution is 0.652. The van der Waals surface area contributed by atoms with Gasteiger partial charge in [-0.05, 0) is 46.3 Å². The van der Waals surface area contributed by atoms with E-state index in [0.29, 0.717) is 17.0 Å². The summed E-state index contributed by atoms with van der Waals surface area (Å²) in [7, 11) is 0. The quantitative estimate of drug-likeness (QED) is 0.757. The zero-order chi connectivity index (χ0) is 13.0. The molecule has 1 saturated carbocycles. The van der Waals surface area contributed by atoms with Crippen molar-refractivity contribution in [3.63, 3.8) is 0 Å². The minimum Gasteiger partial charge on any atom is -0.236 e. The van der Waals surface area contributed by atoms with E-state index in [1.165, 1.54) is 24.0 Å². The average molecular weight is 336 g/mol. The maximum atomic E-state index is 6.25. The van der Waals surface area contributed by atoms with Gasteiger partial charge >= 0.3 is 0 Å². The van der Waals surface area contributed by atoms with Crippen molar-refractivity contribution in [2.24, 2.45) is 0 Å². The van der Waals surface area contributed by atoms with E-state index in [1.807, 2.05) is 0 Å². The van der Waals surface area contributed by atoms with Gasteiger partial charge in [-0.1, -0.05) is 35.9 Å². The Morgan fingerprint density at radius 2 is 1.95 bits per heavy atom. The summed E-state index contributed by atoms with van der Waals surface area (Å²) >= 11 is 9.76. The SMILES string of the molecule is Clc1nc(C2Cc3ccccc32)nc(C2CC2)c1Br. The summed E-state index contributed by atoms with van der Waals surface area (Å²) < 4.78 is 0.882. The summed E-state index contributed by atoms with van der Waals surface area (Å²) in [6.07, 6.45) is 3.46. The molecule has 0 aliphatic heterocycles. The zero-order valence-electron chi connectivity index (χ0n) is 10.2. The number of nitrogens with zero attached hydrogens (tertiary/aromatic N) is 2. The standard InChI is InChI=1S/C15H12BrClN2/c16-12-13(8-5-6-8)18-15(19-14(12)17)11-7-9-3-1-2-4-10(9)11/h1-4,8,11H,5-7H2. The van der Waals surface area contributed by atoms with Crippen LogP contribution in [0, 0.1) is 0 Å². The van der Waals surface area contributed by atoms with Crippen molar-refractivity contribution in [3.05, 3.63) is 56.5 Å². The third-order valence-electron chi connectivity index (χ3n) is 3.98. The van der Waals surface area contributed by atoms with E-state index in [2.05, 4.69) is 45.2 Å². The molecule has 1 atom stereocenters. The largest absolute Gasteiger partial charge is 0.236 e. The van der Waals surface area contributed by atoms with E-state index in [-0.39, 0.29) is 0 Å². The Kier molecular flexibility index (Phi) is 2.68. The van der Waals surface area contributed by atoms with Crippen molar-refractivity contribution in [2.45, 2.75) is 31.1 Å². The van der Waals surface area contributed by atoms with E-state index in [9.17, 15) is 0 Å². The highest BCUT2D eigenvalue weighted by atomic mass is 79.9. The second-order valence-corrected chi connectivity index (χ2v) is 6.45. The lowest BCUT2D eigenvalue weighted by atomic mass is 9.77. The minimum absolute atomic E-state index is 0.319. The Hall–Kier alpha value is -0.930. The molecule has 2 aromatic rings. The van der Waals surface area contributed by atoms with Crippen molar-refractivity contribution in [1.29, 1.82) is 0 Å². The molecule has 1 aromatic carbocycles. The van der Waals surface area contributed by atoms with Crippen LogP contribution in [0.2, 0.25) is 5.15 Å². The first-order chi connectivity index (χ1) is 9.24. The van der Waals surface area contributed by atoms with Crippen LogP contribution in [0.1, 0.15) is 47.3 Å². The molecule has 19 heavy (non-hydrogen) atoms. The van der Waals surface area contributed by atoms with Gasteiger partial charge in [0.1, 0.15) is 11.0 Å². The van der Waals surface area contributed by atoms with Gasteiger partial charge in [-0.2, -0.15) is 0 Å². The van der Waals surface area contributed by atoms with Crippen LogP contribution in [-0.2, 0) is 6.42 Å². The Morgan fingerprint density at radius 3 is 2.68 bits per heavy atom. The third kappa shape index (κ3) is 1.91. The van der Waals surface area contributed by atoms with Crippen LogP contribution >= 0.6 is 27.5 Å². The number of fused-ring (bicyclic) bond motifs is 1. The summed E-state index contributed by atoms with van der Waals surface area (Å²) in [4.78, 5) is 9.25. The van der Waals surface area contributed by atoms with Crippen molar-refractivity contribution in [3.8, 4) is 0 Å². The summed E-state index contributed by atoms with van der Waals surface area (Å²) in [5.74, 6) is 1.78. The van der Waals surface area contributed by atoms with Crippen LogP contribution in [0.3, 0.4) is 0 Å². The smallest absolute Gasteiger partial charge is 0.147 e. The van der Waals surface area contributed by atoms with E-state index < -0.39 is 0 Å². The van der Waals surface area contributed by atoms with Crippen LogP contribution in [0.25, 0.3) is 0 Å². The minimum atomic E-state index is 0.319. The van der Waals surface area contributed by atoms with Crippen LogP contribution in [0.15, 0.2) is 28.7 Å². The number of rotatable bonds is 2. The lowest BCUT2D eigenvalue weighted by Crippen LogP contribution is -2.21. The second-order valence-electron chi connectivity index (χ2n) is 5.30. The first kappa shape index (κ1) is 11.9. The Balaban J connectivity index is 1.77. The second kappa shape index (κ2) is 4.29. The number of hydrogen-bond acceptors (Lipinski definition) is 2. The maximum absolute atomic E-state index is 6.25. The average Bonchev–Trinajstić information content (AvgIpc) is 3.19. The van der Waals surface area contributed by atoms with Gasteiger partial charge in [0.2, 0.25) is 0 Å². The maximum Gasteiger partial charge on any atom is 0.147 e. The predicted molar refractivity (Wildman–Crippen MR) is 78.7 cm³/mol. The fourth-order valence-corrected chi connectivity index (χ4v) is 3.41. The molecule has 0 spiro atoms. The fraction of sp³-hybridized carbons (Fsp3) is 0.333. The van der Waals surface area contributed by atoms with E-state index in [0.717, 1.165) is 22.4 Å². The molecule has 1 aromatic heterocycles. The van der Waals surface area contributed by atoms with Gasteiger partial charge in [-0.3, -0.25) is 0 Å². The fourth-order valence-electron chi connectivity index (χ4n) is 2.73. The number of benzene rings is 1. The summed E-state index contributed by atoms with van der Waals surface area (Å²) in [6, 6.07) is 8.50. The molecular weight excluding hydrogens is 324 g/mol. The Bertz CT molecular complexity index is 667. The van der Waals surface area contributed by atoms with Crippen LogP contribution in [0.4, 0.5) is 0 Å². The van der Waals surface area contributed by atoms with Crippen molar-refractivity contribution >= 4 is 27.5 Å². The predicted octanol–water partition coefficient (Wildman–Crippen LogP) is 4.46. The molecule has 0 bridgehead atoms. The molecule has 0 amide bonds. The van der Waals surface area contributed by atoms with Gasteiger partial charge in [0.05, 0.1) is 10.2 Å². The van der Waals surface area contributed by atoms with Gasteiger partial charge in [-0.25, -0.2) is 9.97 Å². The first-order valence-electron chi connectivity index (χ1n) is 6.54. The molecule has 0 N–H and O–H groups in total. The molecule has 0 saturated heterocycles. The molecule has 4 rings (SSSR count). The highest BCUT2D eigenvalue weighted by molar-refractivity contribution is 9.10. The molecule has 0 radical (unpaired) electrons. The topological polar surface area (TPSA) is 25.8 Å². The van der Waals surface area contributed by atoms with Crippen molar-refractivity contribution in [1.82, 2.24) is 9.97 Å². The molecule has 2 aliphatic rings. The molecule has 96 valence electrons. The van der Waals surface area contributed by atoms with Gasteiger partial charge in [0.25, 0.3) is 0 Å². The lowest BCUT2D eigenvalue weighted by Gasteiger charge is -2.29. The molecule has 1 heterocycles. The van der Waals surface area contributed by atoms with E-state index >= 15 is 0 Å². The van der Waals surface area contributed by atoms with Gasteiger partial charge < -0.3 is 0 Å². The molecule has 2 nitrogen and oxygen atoms in total. The Morgan fingerprint density at radius 1 is 1.16 bits per heavy atom. The molecule has 4 heteroatoms. The highest BCUT2D eigenvalue weighted by Crippen LogP contribution is 2.45. The summed E-state index contributed by atoms with van der Waals surface area (Å²) in [6.45, 7) is 0.